The van der Waals surface area contributed by atoms with Gasteiger partial charge in [-0.15, -0.1) is 0 Å². The van der Waals surface area contributed by atoms with Crippen LogP contribution in [0.2, 0.25) is 0 Å². The van der Waals surface area contributed by atoms with Gasteiger partial charge in [0.1, 0.15) is 12.3 Å². The highest BCUT2D eigenvalue weighted by atomic mass is 16.5. The third-order valence-corrected chi connectivity index (χ3v) is 5.09. The number of hydrogen-bond donors (Lipinski definition) is 0. The Morgan fingerprint density at radius 2 is 1.84 bits per heavy atom. The van der Waals surface area contributed by atoms with E-state index in [1.165, 1.54) is 0 Å². The maximum absolute atomic E-state index is 12.9. The van der Waals surface area contributed by atoms with Gasteiger partial charge >= 0.3 is 0 Å². The predicted octanol–water partition coefficient (Wildman–Crippen LogP) is 5.01. The fourth-order valence-corrected chi connectivity index (χ4v) is 3.47. The Hall–Kier alpha value is -3.67. The lowest BCUT2D eigenvalue weighted by Gasteiger charge is -2.25. The van der Waals surface area contributed by atoms with Gasteiger partial charge in [-0.2, -0.15) is 4.98 Å². The first-order valence-electron chi connectivity index (χ1n) is 10.3. The average molecular weight is 415 g/mol. The minimum absolute atomic E-state index is 0.0436. The molecule has 0 unspecified atom stereocenters. The summed E-state index contributed by atoms with van der Waals surface area (Å²) in [6.45, 7) is 6.08. The van der Waals surface area contributed by atoms with Crippen molar-refractivity contribution < 1.29 is 14.1 Å². The highest BCUT2D eigenvalue weighted by Crippen LogP contribution is 2.25. The molecule has 1 aromatic heterocycles. The molecule has 0 saturated heterocycles. The lowest BCUT2D eigenvalue weighted by Crippen LogP contribution is -2.39. The van der Waals surface area contributed by atoms with Crippen LogP contribution in [0.15, 0.2) is 71.3 Å². The summed E-state index contributed by atoms with van der Waals surface area (Å²) < 4.78 is 11.3. The topological polar surface area (TPSA) is 68.5 Å². The third kappa shape index (κ3) is 4.74. The predicted molar refractivity (Wildman–Crippen MR) is 120 cm³/mol. The second kappa shape index (κ2) is 9.00. The second-order valence-electron chi connectivity index (χ2n) is 7.76. The molecule has 0 aliphatic rings. The summed E-state index contributed by atoms with van der Waals surface area (Å²) in [4.78, 5) is 19.1. The highest BCUT2D eigenvalue weighted by molar-refractivity contribution is 5.88. The van der Waals surface area contributed by atoms with Crippen LogP contribution in [0.5, 0.6) is 5.75 Å². The second-order valence-corrected chi connectivity index (χ2v) is 7.76. The molecule has 0 aliphatic heterocycles. The van der Waals surface area contributed by atoms with Crippen molar-refractivity contribution in [3.8, 4) is 17.1 Å². The summed E-state index contributed by atoms with van der Waals surface area (Å²) >= 11 is 0. The van der Waals surface area contributed by atoms with Crippen molar-refractivity contribution >= 4 is 16.7 Å². The number of hydrogen-bond acceptors (Lipinski definition) is 5. The van der Waals surface area contributed by atoms with E-state index in [1.807, 2.05) is 87.5 Å². The third-order valence-electron chi connectivity index (χ3n) is 5.09. The molecule has 0 bridgehead atoms. The fraction of sp³-hybridized carbons (Fsp3) is 0.240. The number of ether oxygens (including phenoxy) is 1. The molecule has 6 heteroatoms. The van der Waals surface area contributed by atoms with Crippen LogP contribution in [0, 0.1) is 6.92 Å². The molecule has 1 amide bonds. The summed E-state index contributed by atoms with van der Waals surface area (Å²) in [5, 5.41) is 6.12. The number of carbonyl (C=O) groups is 1. The SMILES string of the molecule is Cc1cccc(-c2noc(CN(C(=O)COc3cccc4ccccc34)C(C)C)n2)c1. The molecular formula is C25H25N3O3. The van der Waals surface area contributed by atoms with Crippen LogP contribution >= 0.6 is 0 Å². The molecule has 31 heavy (non-hydrogen) atoms. The van der Waals surface area contributed by atoms with E-state index in [1.54, 1.807) is 4.90 Å². The van der Waals surface area contributed by atoms with Crippen molar-refractivity contribution in [2.75, 3.05) is 6.61 Å². The molecule has 4 aromatic rings. The van der Waals surface area contributed by atoms with Crippen LogP contribution in [0.4, 0.5) is 0 Å². The van der Waals surface area contributed by atoms with Gasteiger partial charge in [-0.3, -0.25) is 4.79 Å². The lowest BCUT2D eigenvalue weighted by atomic mass is 10.1. The Kier molecular flexibility index (Phi) is 5.98. The quantitative estimate of drug-likeness (QED) is 0.424. The zero-order valence-corrected chi connectivity index (χ0v) is 17.9. The molecular weight excluding hydrogens is 390 g/mol. The molecule has 0 N–H and O–H groups in total. The van der Waals surface area contributed by atoms with Gasteiger partial charge in [0.05, 0.1) is 0 Å². The molecule has 0 saturated carbocycles. The number of benzene rings is 3. The van der Waals surface area contributed by atoms with Gasteiger partial charge in [0.25, 0.3) is 5.91 Å². The summed E-state index contributed by atoms with van der Waals surface area (Å²) in [5.74, 6) is 1.46. The van der Waals surface area contributed by atoms with E-state index < -0.39 is 0 Å². The van der Waals surface area contributed by atoms with Crippen LogP contribution in [0.3, 0.4) is 0 Å². The molecule has 1 heterocycles. The van der Waals surface area contributed by atoms with Gasteiger partial charge in [-0.1, -0.05) is 65.3 Å². The van der Waals surface area contributed by atoms with Gasteiger partial charge < -0.3 is 14.2 Å². The van der Waals surface area contributed by atoms with E-state index in [4.69, 9.17) is 9.26 Å². The molecule has 158 valence electrons. The number of fused-ring (bicyclic) bond motifs is 1. The van der Waals surface area contributed by atoms with Crippen molar-refractivity contribution in [1.82, 2.24) is 15.0 Å². The smallest absolute Gasteiger partial charge is 0.261 e. The van der Waals surface area contributed by atoms with E-state index in [0.717, 1.165) is 21.9 Å². The molecule has 6 nitrogen and oxygen atoms in total. The number of nitrogens with zero attached hydrogens (tertiary/aromatic N) is 3. The fourth-order valence-electron chi connectivity index (χ4n) is 3.47. The Morgan fingerprint density at radius 1 is 1.06 bits per heavy atom. The largest absolute Gasteiger partial charge is 0.483 e. The first kappa shape index (κ1) is 20.6. The Balaban J connectivity index is 1.46. The lowest BCUT2D eigenvalue weighted by molar-refractivity contribution is -0.136. The summed E-state index contributed by atoms with van der Waals surface area (Å²) in [6.07, 6.45) is 0. The molecule has 0 atom stereocenters. The van der Waals surface area contributed by atoms with Crippen LogP contribution < -0.4 is 4.74 Å². The number of amides is 1. The summed E-state index contributed by atoms with van der Waals surface area (Å²) in [7, 11) is 0. The van der Waals surface area contributed by atoms with E-state index in [-0.39, 0.29) is 25.1 Å². The van der Waals surface area contributed by atoms with Crippen molar-refractivity contribution in [2.24, 2.45) is 0 Å². The van der Waals surface area contributed by atoms with Crippen molar-refractivity contribution in [1.29, 1.82) is 0 Å². The van der Waals surface area contributed by atoms with Gasteiger partial charge in [-0.25, -0.2) is 0 Å². The van der Waals surface area contributed by atoms with Crippen LogP contribution in [0.25, 0.3) is 22.2 Å². The van der Waals surface area contributed by atoms with E-state index in [0.29, 0.717) is 17.5 Å². The Labute approximate surface area is 181 Å². The molecule has 4 rings (SSSR count). The zero-order chi connectivity index (χ0) is 21.8. The molecule has 3 aromatic carbocycles. The molecule has 0 spiro atoms. The van der Waals surface area contributed by atoms with Crippen LogP contribution in [0.1, 0.15) is 25.3 Å². The zero-order valence-electron chi connectivity index (χ0n) is 17.9. The van der Waals surface area contributed by atoms with Crippen molar-refractivity contribution in [3.63, 3.8) is 0 Å². The molecule has 0 aliphatic carbocycles. The van der Waals surface area contributed by atoms with E-state index in [9.17, 15) is 4.79 Å². The van der Waals surface area contributed by atoms with Gasteiger partial charge in [0.15, 0.2) is 6.61 Å². The minimum Gasteiger partial charge on any atom is -0.483 e. The Morgan fingerprint density at radius 3 is 2.65 bits per heavy atom. The highest BCUT2D eigenvalue weighted by Gasteiger charge is 2.21. The minimum atomic E-state index is -0.141. The number of rotatable bonds is 7. The molecule has 0 fully saturated rings. The molecule has 0 radical (unpaired) electrons. The Bertz CT molecular complexity index is 1190. The van der Waals surface area contributed by atoms with Gasteiger partial charge in [-0.05, 0) is 38.3 Å². The number of aryl methyl sites for hydroxylation is 1. The maximum Gasteiger partial charge on any atom is 0.261 e. The normalized spacial score (nSPS) is 11.1. The first-order chi connectivity index (χ1) is 15.0. The average Bonchev–Trinajstić information content (AvgIpc) is 3.24. The standard InChI is InChI=1S/C25H25N3O3/c1-17(2)28(15-23-26-25(27-31-23)20-11-6-8-18(3)14-20)24(29)16-30-22-13-7-10-19-9-4-5-12-21(19)22/h4-14,17H,15-16H2,1-3H3. The number of aromatic nitrogens is 2. The van der Waals surface area contributed by atoms with Gasteiger partial charge in [0.2, 0.25) is 11.7 Å². The van der Waals surface area contributed by atoms with Crippen molar-refractivity contribution in [3.05, 3.63) is 78.2 Å². The van der Waals surface area contributed by atoms with Crippen LogP contribution in [-0.2, 0) is 11.3 Å². The van der Waals surface area contributed by atoms with Gasteiger partial charge in [0, 0.05) is 17.0 Å². The van der Waals surface area contributed by atoms with E-state index in [2.05, 4.69) is 10.1 Å². The first-order valence-corrected chi connectivity index (χ1v) is 10.3. The van der Waals surface area contributed by atoms with Crippen LogP contribution in [-0.4, -0.2) is 33.6 Å². The summed E-state index contributed by atoms with van der Waals surface area (Å²) in [6, 6.07) is 21.6. The number of carbonyl (C=O) groups excluding carboxylic acids is 1. The maximum atomic E-state index is 12.9. The van der Waals surface area contributed by atoms with E-state index >= 15 is 0 Å². The summed E-state index contributed by atoms with van der Waals surface area (Å²) in [5.41, 5.74) is 2.00. The monoisotopic (exact) mass is 415 g/mol. The van der Waals surface area contributed by atoms with Crippen molar-refractivity contribution in [2.45, 2.75) is 33.4 Å².